The second kappa shape index (κ2) is 5.77. The molecule has 118 valence electrons. The zero-order valence-corrected chi connectivity index (χ0v) is 12.2. The first-order chi connectivity index (χ1) is 10.1. The van der Waals surface area contributed by atoms with Gasteiger partial charge in [-0.3, -0.25) is 4.72 Å². The van der Waals surface area contributed by atoms with Gasteiger partial charge in [-0.25, -0.2) is 12.8 Å². The second-order valence-electron chi connectivity index (χ2n) is 4.26. The summed E-state index contributed by atoms with van der Waals surface area (Å²) in [7, 11) is -4.16. The van der Waals surface area contributed by atoms with Gasteiger partial charge in [0.1, 0.15) is 5.82 Å². The van der Waals surface area contributed by atoms with E-state index in [1.165, 1.54) is 6.07 Å². The van der Waals surface area contributed by atoms with Crippen molar-refractivity contribution in [3.8, 4) is 0 Å². The van der Waals surface area contributed by atoms with Crippen molar-refractivity contribution in [2.75, 3.05) is 4.72 Å². The van der Waals surface area contributed by atoms with Crippen molar-refractivity contribution >= 4 is 27.3 Å². The van der Waals surface area contributed by atoms with E-state index in [1.54, 1.807) is 0 Å². The van der Waals surface area contributed by atoms with Crippen molar-refractivity contribution in [1.29, 1.82) is 0 Å². The summed E-state index contributed by atoms with van der Waals surface area (Å²) >= 11 is 5.66. The third-order valence-corrected chi connectivity index (χ3v) is 4.32. The van der Waals surface area contributed by atoms with Crippen LogP contribution in [0.5, 0.6) is 0 Å². The predicted octanol–water partition coefficient (Wildman–Crippen LogP) is 4.30. The molecule has 0 saturated heterocycles. The Morgan fingerprint density at radius 3 is 2.27 bits per heavy atom. The highest BCUT2D eigenvalue weighted by molar-refractivity contribution is 7.92. The number of anilines is 1. The maximum atomic E-state index is 13.1. The molecule has 0 aliphatic heterocycles. The average Bonchev–Trinajstić information content (AvgIpc) is 2.40. The Balaban J connectivity index is 2.35. The van der Waals surface area contributed by atoms with Crippen LogP contribution >= 0.6 is 11.6 Å². The Morgan fingerprint density at radius 2 is 1.73 bits per heavy atom. The molecule has 0 saturated carbocycles. The first-order valence-electron chi connectivity index (χ1n) is 5.75. The largest absolute Gasteiger partial charge is 0.416 e. The molecule has 0 aromatic heterocycles. The summed E-state index contributed by atoms with van der Waals surface area (Å²) in [6.45, 7) is 0. The zero-order chi connectivity index (χ0) is 16.5. The van der Waals surface area contributed by atoms with E-state index in [-0.39, 0.29) is 10.6 Å². The lowest BCUT2D eigenvalue weighted by molar-refractivity contribution is -0.137. The van der Waals surface area contributed by atoms with Gasteiger partial charge in [-0.1, -0.05) is 17.7 Å². The topological polar surface area (TPSA) is 46.2 Å². The lowest BCUT2D eigenvalue weighted by Gasteiger charge is -2.12. The lowest BCUT2D eigenvalue weighted by Crippen LogP contribution is -2.14. The predicted molar refractivity (Wildman–Crippen MR) is 73.7 cm³/mol. The van der Waals surface area contributed by atoms with Gasteiger partial charge in [0, 0.05) is 0 Å². The molecule has 3 nitrogen and oxygen atoms in total. The third kappa shape index (κ3) is 3.69. The van der Waals surface area contributed by atoms with Crippen LogP contribution in [0.1, 0.15) is 5.56 Å². The average molecular weight is 354 g/mol. The normalized spacial score (nSPS) is 12.2. The maximum absolute atomic E-state index is 13.1. The van der Waals surface area contributed by atoms with Crippen LogP contribution in [0.3, 0.4) is 0 Å². The molecule has 22 heavy (non-hydrogen) atoms. The standard InChI is InChI=1S/C13H8ClF4NO2S/c14-11-6-8(13(16,17)18)4-5-12(11)19-22(20,21)10-3-1-2-9(15)7-10/h1-7,19H. The van der Waals surface area contributed by atoms with Gasteiger partial charge in [0.25, 0.3) is 10.0 Å². The highest BCUT2D eigenvalue weighted by Gasteiger charge is 2.31. The summed E-state index contributed by atoms with van der Waals surface area (Å²) in [4.78, 5) is -0.372. The van der Waals surface area contributed by atoms with Gasteiger partial charge in [-0.05, 0) is 36.4 Å². The minimum atomic E-state index is -4.59. The molecular formula is C13H8ClF4NO2S. The van der Waals surface area contributed by atoms with Crippen molar-refractivity contribution in [3.05, 3.63) is 58.9 Å². The molecule has 0 unspecified atom stereocenters. The fourth-order valence-corrected chi connectivity index (χ4v) is 3.01. The van der Waals surface area contributed by atoms with Gasteiger partial charge in [-0.2, -0.15) is 13.2 Å². The summed E-state index contributed by atoms with van der Waals surface area (Å²) in [5.74, 6) is -0.763. The lowest BCUT2D eigenvalue weighted by atomic mass is 10.2. The molecule has 2 rings (SSSR count). The van der Waals surface area contributed by atoms with Gasteiger partial charge in [0.05, 0.1) is 21.2 Å². The van der Waals surface area contributed by atoms with Crippen LogP contribution < -0.4 is 4.72 Å². The molecule has 0 bridgehead atoms. The van der Waals surface area contributed by atoms with E-state index in [1.807, 2.05) is 4.72 Å². The van der Waals surface area contributed by atoms with Crippen LogP contribution in [-0.4, -0.2) is 8.42 Å². The SMILES string of the molecule is O=S(=O)(Nc1ccc(C(F)(F)F)cc1Cl)c1cccc(F)c1. The van der Waals surface area contributed by atoms with Gasteiger partial charge in [0.2, 0.25) is 0 Å². The molecule has 2 aromatic carbocycles. The van der Waals surface area contributed by atoms with E-state index in [0.717, 1.165) is 24.3 Å². The Morgan fingerprint density at radius 1 is 1.05 bits per heavy atom. The van der Waals surface area contributed by atoms with Crippen molar-refractivity contribution < 1.29 is 26.0 Å². The number of rotatable bonds is 3. The van der Waals surface area contributed by atoms with Gasteiger partial charge >= 0.3 is 6.18 Å². The Kier molecular flexibility index (Phi) is 4.35. The van der Waals surface area contributed by atoms with Crippen LogP contribution in [0.25, 0.3) is 0 Å². The number of halogens is 5. The smallest absolute Gasteiger partial charge is 0.278 e. The molecule has 0 heterocycles. The highest BCUT2D eigenvalue weighted by Crippen LogP contribution is 2.34. The number of benzene rings is 2. The minimum absolute atomic E-state index is 0.237. The van der Waals surface area contributed by atoms with E-state index in [4.69, 9.17) is 11.6 Å². The number of hydrogen-bond acceptors (Lipinski definition) is 2. The molecule has 0 aliphatic rings. The van der Waals surface area contributed by atoms with E-state index in [0.29, 0.717) is 12.1 Å². The van der Waals surface area contributed by atoms with E-state index >= 15 is 0 Å². The first-order valence-corrected chi connectivity index (χ1v) is 7.61. The summed E-state index contributed by atoms with van der Waals surface area (Å²) < 4.78 is 76.7. The van der Waals surface area contributed by atoms with Crippen molar-refractivity contribution in [1.82, 2.24) is 0 Å². The molecular weight excluding hydrogens is 346 g/mol. The zero-order valence-electron chi connectivity index (χ0n) is 10.7. The monoisotopic (exact) mass is 353 g/mol. The van der Waals surface area contributed by atoms with Crippen LogP contribution in [0.4, 0.5) is 23.2 Å². The summed E-state index contributed by atoms with van der Waals surface area (Å²) in [5.41, 5.74) is -1.25. The number of hydrogen-bond donors (Lipinski definition) is 1. The number of nitrogens with one attached hydrogen (secondary N) is 1. The number of alkyl halides is 3. The van der Waals surface area contributed by atoms with Gasteiger partial charge < -0.3 is 0 Å². The highest BCUT2D eigenvalue weighted by atomic mass is 35.5. The van der Waals surface area contributed by atoms with Crippen LogP contribution in [0, 0.1) is 5.82 Å². The van der Waals surface area contributed by atoms with E-state index in [9.17, 15) is 26.0 Å². The maximum Gasteiger partial charge on any atom is 0.416 e. The van der Waals surface area contributed by atoms with Crippen molar-refractivity contribution in [2.45, 2.75) is 11.1 Å². The van der Waals surface area contributed by atoms with Crippen molar-refractivity contribution in [3.63, 3.8) is 0 Å². The summed E-state index contributed by atoms with van der Waals surface area (Å²) in [6, 6.07) is 6.36. The van der Waals surface area contributed by atoms with Gasteiger partial charge in [0.15, 0.2) is 0 Å². The molecule has 0 atom stereocenters. The Hall–Kier alpha value is -1.80. The van der Waals surface area contributed by atoms with Crippen LogP contribution in [0.15, 0.2) is 47.4 Å². The van der Waals surface area contributed by atoms with E-state index in [2.05, 4.69) is 0 Å². The quantitative estimate of drug-likeness (QED) is 0.836. The molecule has 0 fully saturated rings. The summed E-state index contributed by atoms with van der Waals surface area (Å²) in [5, 5.41) is -0.421. The fourth-order valence-electron chi connectivity index (χ4n) is 1.61. The molecule has 0 spiro atoms. The summed E-state index contributed by atoms with van der Waals surface area (Å²) in [6.07, 6.45) is -4.59. The fraction of sp³-hybridized carbons (Fsp3) is 0.0769. The van der Waals surface area contributed by atoms with E-state index < -0.39 is 32.6 Å². The number of sulfonamides is 1. The Bertz CT molecular complexity index is 806. The van der Waals surface area contributed by atoms with Crippen LogP contribution in [-0.2, 0) is 16.2 Å². The van der Waals surface area contributed by atoms with Crippen molar-refractivity contribution in [2.24, 2.45) is 0 Å². The third-order valence-electron chi connectivity index (χ3n) is 2.65. The first kappa shape index (κ1) is 16.6. The molecule has 1 N–H and O–H groups in total. The molecule has 9 heteroatoms. The molecule has 0 aliphatic carbocycles. The minimum Gasteiger partial charge on any atom is -0.278 e. The Labute approximate surface area is 128 Å². The van der Waals surface area contributed by atoms with Gasteiger partial charge in [-0.15, -0.1) is 0 Å². The second-order valence-corrected chi connectivity index (χ2v) is 6.34. The molecule has 2 aromatic rings. The molecule has 0 radical (unpaired) electrons. The molecule has 0 amide bonds. The van der Waals surface area contributed by atoms with Crippen LogP contribution in [0.2, 0.25) is 5.02 Å².